The summed E-state index contributed by atoms with van der Waals surface area (Å²) in [6.07, 6.45) is 9.60. The minimum atomic E-state index is 0.816. The molecular weight excluding hydrogens is 198 g/mol. The van der Waals surface area contributed by atoms with E-state index in [0.717, 1.165) is 24.5 Å². The molecule has 0 N–H and O–H groups in total. The van der Waals surface area contributed by atoms with Gasteiger partial charge >= 0.3 is 0 Å². The molecule has 0 bridgehead atoms. The van der Waals surface area contributed by atoms with E-state index in [2.05, 4.69) is 11.9 Å². The molecule has 0 aliphatic rings. The number of hydrogen-bond donors (Lipinski definition) is 0. The second-order valence-corrected chi connectivity index (χ2v) is 4.25. The maximum Gasteiger partial charge on any atom is 0.137 e. The van der Waals surface area contributed by atoms with Crippen molar-refractivity contribution in [3.05, 3.63) is 24.0 Å². The lowest BCUT2D eigenvalue weighted by Gasteiger charge is -2.05. The number of pyridine rings is 1. The van der Waals surface area contributed by atoms with Crippen molar-refractivity contribution in [2.24, 2.45) is 0 Å². The molecule has 0 saturated heterocycles. The van der Waals surface area contributed by atoms with E-state index in [1.807, 2.05) is 19.1 Å². The number of aromatic nitrogens is 1. The van der Waals surface area contributed by atoms with Crippen molar-refractivity contribution in [3.8, 4) is 5.75 Å². The summed E-state index contributed by atoms with van der Waals surface area (Å²) in [5, 5.41) is 0. The van der Waals surface area contributed by atoms with Gasteiger partial charge in [0.2, 0.25) is 0 Å². The molecule has 0 unspecified atom stereocenters. The lowest BCUT2D eigenvalue weighted by molar-refractivity contribution is 0.303. The summed E-state index contributed by atoms with van der Waals surface area (Å²) in [6.45, 7) is 5.04. The lowest BCUT2D eigenvalue weighted by atomic mass is 10.1. The number of aryl methyl sites for hydroxylation is 1. The smallest absolute Gasteiger partial charge is 0.137 e. The van der Waals surface area contributed by atoms with Gasteiger partial charge in [0.1, 0.15) is 5.75 Å². The second kappa shape index (κ2) is 8.14. The Morgan fingerprint density at radius 1 is 1.06 bits per heavy atom. The molecule has 1 heterocycles. The Morgan fingerprint density at radius 2 is 1.81 bits per heavy atom. The molecule has 0 aliphatic carbocycles. The molecule has 0 spiro atoms. The van der Waals surface area contributed by atoms with Crippen molar-refractivity contribution in [3.63, 3.8) is 0 Å². The molecule has 2 nitrogen and oxygen atoms in total. The molecule has 90 valence electrons. The van der Waals surface area contributed by atoms with E-state index in [1.54, 1.807) is 6.20 Å². The van der Waals surface area contributed by atoms with Gasteiger partial charge < -0.3 is 4.74 Å². The molecule has 0 fully saturated rings. The third kappa shape index (κ3) is 5.74. The first kappa shape index (κ1) is 13.0. The topological polar surface area (TPSA) is 22.1 Å². The van der Waals surface area contributed by atoms with E-state index < -0.39 is 0 Å². The molecule has 0 amide bonds. The number of ether oxygens (including phenoxy) is 1. The van der Waals surface area contributed by atoms with Gasteiger partial charge in [-0.05, 0) is 25.5 Å². The highest BCUT2D eigenvalue weighted by molar-refractivity contribution is 5.18. The van der Waals surface area contributed by atoms with Gasteiger partial charge in [0.25, 0.3) is 0 Å². The molecule has 1 rings (SSSR count). The highest BCUT2D eigenvalue weighted by atomic mass is 16.5. The molecule has 1 aromatic heterocycles. The van der Waals surface area contributed by atoms with Gasteiger partial charge in [0.05, 0.1) is 12.8 Å². The fourth-order valence-electron chi connectivity index (χ4n) is 1.61. The Balaban J connectivity index is 2.01. The second-order valence-electron chi connectivity index (χ2n) is 4.25. The van der Waals surface area contributed by atoms with Crippen LogP contribution in [0.3, 0.4) is 0 Å². The van der Waals surface area contributed by atoms with Crippen LogP contribution in [-0.2, 0) is 0 Å². The van der Waals surface area contributed by atoms with E-state index in [0.29, 0.717) is 0 Å². The number of unbranched alkanes of at least 4 members (excludes halogenated alkanes) is 5. The summed E-state index contributed by atoms with van der Waals surface area (Å²) >= 11 is 0. The Bertz CT molecular complexity index is 269. The van der Waals surface area contributed by atoms with Crippen LogP contribution < -0.4 is 4.74 Å². The molecule has 2 heteroatoms. The average molecular weight is 221 g/mol. The van der Waals surface area contributed by atoms with Gasteiger partial charge in [0.15, 0.2) is 0 Å². The fourth-order valence-corrected chi connectivity index (χ4v) is 1.61. The van der Waals surface area contributed by atoms with Crippen LogP contribution in [0.25, 0.3) is 0 Å². The highest BCUT2D eigenvalue weighted by Gasteiger charge is 1.94. The Labute approximate surface area is 99.0 Å². The van der Waals surface area contributed by atoms with Crippen LogP contribution in [0.4, 0.5) is 0 Å². The van der Waals surface area contributed by atoms with E-state index >= 15 is 0 Å². The lowest BCUT2D eigenvalue weighted by Crippen LogP contribution is -1.97. The number of hydrogen-bond acceptors (Lipinski definition) is 2. The van der Waals surface area contributed by atoms with Gasteiger partial charge in [-0.15, -0.1) is 0 Å². The zero-order chi connectivity index (χ0) is 11.6. The molecule has 16 heavy (non-hydrogen) atoms. The van der Waals surface area contributed by atoms with Crippen LogP contribution in [0.2, 0.25) is 0 Å². The van der Waals surface area contributed by atoms with Crippen molar-refractivity contribution in [2.45, 2.75) is 52.4 Å². The third-order valence-electron chi connectivity index (χ3n) is 2.65. The van der Waals surface area contributed by atoms with Gasteiger partial charge in [-0.25, -0.2) is 0 Å². The minimum absolute atomic E-state index is 0.816. The molecule has 0 saturated carbocycles. The standard InChI is InChI=1S/C14H23NO/c1-3-4-5-6-7-8-11-16-14-10-9-13(2)15-12-14/h9-10,12H,3-8,11H2,1-2H3. The monoisotopic (exact) mass is 221 g/mol. The van der Waals surface area contributed by atoms with E-state index in [-0.39, 0.29) is 0 Å². The summed E-state index contributed by atoms with van der Waals surface area (Å²) in [6, 6.07) is 3.97. The summed E-state index contributed by atoms with van der Waals surface area (Å²) in [5.74, 6) is 0.888. The summed E-state index contributed by atoms with van der Waals surface area (Å²) in [4.78, 5) is 4.19. The highest BCUT2D eigenvalue weighted by Crippen LogP contribution is 2.10. The number of rotatable bonds is 8. The van der Waals surface area contributed by atoms with Crippen molar-refractivity contribution >= 4 is 0 Å². The molecule has 0 aliphatic heterocycles. The molecule has 0 radical (unpaired) electrons. The predicted molar refractivity (Wildman–Crippen MR) is 67.8 cm³/mol. The summed E-state index contributed by atoms with van der Waals surface area (Å²) in [7, 11) is 0. The Hall–Kier alpha value is -1.05. The first-order valence-corrected chi connectivity index (χ1v) is 6.38. The van der Waals surface area contributed by atoms with Gasteiger partial charge in [0, 0.05) is 5.69 Å². The molecule has 0 aromatic carbocycles. The zero-order valence-electron chi connectivity index (χ0n) is 10.5. The molecule has 1 aromatic rings. The van der Waals surface area contributed by atoms with E-state index in [9.17, 15) is 0 Å². The molecule has 0 atom stereocenters. The Morgan fingerprint density at radius 3 is 2.50 bits per heavy atom. The van der Waals surface area contributed by atoms with Crippen molar-refractivity contribution in [1.82, 2.24) is 4.98 Å². The Kier molecular flexibility index (Phi) is 6.62. The summed E-state index contributed by atoms with van der Waals surface area (Å²) in [5.41, 5.74) is 1.03. The fraction of sp³-hybridized carbons (Fsp3) is 0.643. The van der Waals surface area contributed by atoms with Crippen LogP contribution in [0.15, 0.2) is 18.3 Å². The van der Waals surface area contributed by atoms with Crippen LogP contribution in [0.1, 0.15) is 51.1 Å². The average Bonchev–Trinajstić information content (AvgIpc) is 2.30. The SMILES string of the molecule is CCCCCCCCOc1ccc(C)nc1. The van der Waals surface area contributed by atoms with Gasteiger partial charge in [-0.3, -0.25) is 4.98 Å². The maximum atomic E-state index is 5.61. The first-order chi connectivity index (χ1) is 7.83. The van der Waals surface area contributed by atoms with Crippen molar-refractivity contribution in [1.29, 1.82) is 0 Å². The zero-order valence-corrected chi connectivity index (χ0v) is 10.5. The first-order valence-electron chi connectivity index (χ1n) is 6.38. The maximum absolute atomic E-state index is 5.61. The van der Waals surface area contributed by atoms with Crippen LogP contribution in [-0.4, -0.2) is 11.6 Å². The quantitative estimate of drug-likeness (QED) is 0.616. The van der Waals surface area contributed by atoms with Crippen molar-refractivity contribution in [2.75, 3.05) is 6.61 Å². The minimum Gasteiger partial charge on any atom is -0.492 e. The largest absolute Gasteiger partial charge is 0.492 e. The van der Waals surface area contributed by atoms with Crippen molar-refractivity contribution < 1.29 is 4.74 Å². The number of nitrogens with zero attached hydrogens (tertiary/aromatic N) is 1. The third-order valence-corrected chi connectivity index (χ3v) is 2.65. The van der Waals surface area contributed by atoms with E-state index in [4.69, 9.17) is 4.74 Å². The van der Waals surface area contributed by atoms with Gasteiger partial charge in [-0.1, -0.05) is 39.0 Å². The van der Waals surface area contributed by atoms with Crippen LogP contribution in [0.5, 0.6) is 5.75 Å². The predicted octanol–water partition coefficient (Wildman–Crippen LogP) is 4.13. The summed E-state index contributed by atoms with van der Waals surface area (Å²) < 4.78 is 5.61. The normalized spacial score (nSPS) is 10.4. The van der Waals surface area contributed by atoms with E-state index in [1.165, 1.54) is 32.1 Å². The van der Waals surface area contributed by atoms with Crippen LogP contribution >= 0.6 is 0 Å². The molecular formula is C14H23NO. The van der Waals surface area contributed by atoms with Gasteiger partial charge in [-0.2, -0.15) is 0 Å². The van der Waals surface area contributed by atoms with Crippen LogP contribution in [0, 0.1) is 6.92 Å².